The van der Waals surface area contributed by atoms with Crippen molar-refractivity contribution in [2.75, 3.05) is 40.9 Å². The third-order valence-corrected chi connectivity index (χ3v) is 11.4. The van der Waals surface area contributed by atoms with E-state index in [1.807, 2.05) is 27.2 Å². The molecule has 0 aliphatic rings. The highest BCUT2D eigenvalue weighted by Gasteiger charge is 2.27. The summed E-state index contributed by atoms with van der Waals surface area (Å²) in [7, 11) is 1.53. The number of aliphatic hydroxyl groups excluding tert-OH is 1. The molecule has 0 radical (unpaired) electrons. The fraction of sp³-hybridized carbons (Fsp3) is 0.625. The van der Waals surface area contributed by atoms with Crippen molar-refractivity contribution in [2.45, 2.75) is 187 Å². The fourth-order valence-electron chi connectivity index (χ4n) is 6.44. The minimum absolute atomic E-state index is 0.0476. The summed E-state index contributed by atoms with van der Waals surface area (Å²) in [6.07, 6.45) is 68.5. The molecule has 1 amide bonds. The molecule has 0 saturated heterocycles. The average molecular weight is 924 g/mol. The molecule has 0 aromatic carbocycles. The van der Waals surface area contributed by atoms with Gasteiger partial charge in [-0.15, -0.1) is 0 Å². The van der Waals surface area contributed by atoms with E-state index in [1.54, 1.807) is 6.08 Å². The molecule has 9 heteroatoms. The predicted octanol–water partition coefficient (Wildman–Crippen LogP) is 15.0. The van der Waals surface area contributed by atoms with Gasteiger partial charge < -0.3 is 19.8 Å². The van der Waals surface area contributed by atoms with Gasteiger partial charge in [0, 0.05) is 6.42 Å². The van der Waals surface area contributed by atoms with Crippen LogP contribution in [-0.2, 0) is 18.4 Å². The lowest BCUT2D eigenvalue weighted by atomic mass is 10.1. The second-order valence-corrected chi connectivity index (χ2v) is 19.3. The Bertz CT molecular complexity index is 1460. The van der Waals surface area contributed by atoms with Crippen molar-refractivity contribution in [2.24, 2.45) is 0 Å². The first kappa shape index (κ1) is 61.9. The number of phosphoric acid groups is 1. The Labute approximate surface area is 399 Å². The molecule has 0 aromatic rings. The normalized spacial score (nSPS) is 15.1. The number of hydrogen-bond donors (Lipinski definition) is 3. The summed E-state index contributed by atoms with van der Waals surface area (Å²) in [5.74, 6) is -0.216. The summed E-state index contributed by atoms with van der Waals surface area (Å²) in [5.41, 5.74) is 0. The van der Waals surface area contributed by atoms with Crippen LogP contribution >= 0.6 is 7.82 Å². The number of amides is 1. The number of carbonyl (C=O) groups is 1. The van der Waals surface area contributed by atoms with Gasteiger partial charge in [-0.1, -0.05) is 200 Å². The van der Waals surface area contributed by atoms with Crippen LogP contribution in [0.15, 0.2) is 122 Å². The van der Waals surface area contributed by atoms with E-state index in [-0.39, 0.29) is 19.1 Å². The van der Waals surface area contributed by atoms with Crippen LogP contribution in [0.3, 0.4) is 0 Å². The largest absolute Gasteiger partial charge is 0.472 e. The van der Waals surface area contributed by atoms with Crippen LogP contribution in [-0.4, -0.2) is 73.4 Å². The zero-order chi connectivity index (χ0) is 47.8. The van der Waals surface area contributed by atoms with Crippen molar-refractivity contribution in [1.29, 1.82) is 0 Å². The van der Waals surface area contributed by atoms with Gasteiger partial charge in [0.2, 0.25) is 5.91 Å². The second kappa shape index (κ2) is 46.0. The highest BCUT2D eigenvalue weighted by Crippen LogP contribution is 2.43. The summed E-state index contributed by atoms with van der Waals surface area (Å²) >= 11 is 0. The van der Waals surface area contributed by atoms with E-state index in [9.17, 15) is 19.4 Å². The van der Waals surface area contributed by atoms with E-state index < -0.39 is 20.0 Å². The highest BCUT2D eigenvalue weighted by atomic mass is 31.2. The maximum Gasteiger partial charge on any atom is 0.472 e. The Morgan fingerprint density at radius 1 is 0.538 bits per heavy atom. The lowest BCUT2D eigenvalue weighted by molar-refractivity contribution is -0.870. The van der Waals surface area contributed by atoms with Gasteiger partial charge in [-0.2, -0.15) is 0 Å². The predicted molar refractivity (Wildman–Crippen MR) is 281 cm³/mol. The van der Waals surface area contributed by atoms with Crippen molar-refractivity contribution in [3.8, 4) is 0 Å². The molecule has 0 aliphatic carbocycles. The number of aliphatic hydroxyl groups is 1. The monoisotopic (exact) mass is 924 g/mol. The van der Waals surface area contributed by atoms with Crippen LogP contribution < -0.4 is 5.32 Å². The van der Waals surface area contributed by atoms with Crippen molar-refractivity contribution in [1.82, 2.24) is 5.32 Å². The number of hydrogen-bond acceptors (Lipinski definition) is 5. The Morgan fingerprint density at radius 2 is 0.923 bits per heavy atom. The second-order valence-electron chi connectivity index (χ2n) is 17.8. The van der Waals surface area contributed by atoms with Crippen LogP contribution in [0.2, 0.25) is 0 Å². The summed E-state index contributed by atoms with van der Waals surface area (Å²) in [5, 5.41) is 13.8. The Kier molecular flexibility index (Phi) is 43.8. The van der Waals surface area contributed by atoms with Crippen LogP contribution in [0.1, 0.15) is 174 Å². The number of nitrogens with zero attached hydrogens (tertiary/aromatic N) is 1. The van der Waals surface area contributed by atoms with Crippen molar-refractivity contribution in [3.63, 3.8) is 0 Å². The third-order valence-electron chi connectivity index (χ3n) is 10.4. The van der Waals surface area contributed by atoms with Crippen LogP contribution in [0, 0.1) is 0 Å². The number of quaternary nitrogens is 1. The number of rotatable bonds is 44. The molecule has 3 atom stereocenters. The van der Waals surface area contributed by atoms with Gasteiger partial charge in [-0.3, -0.25) is 13.8 Å². The molecule has 0 rings (SSSR count). The van der Waals surface area contributed by atoms with E-state index in [4.69, 9.17) is 9.05 Å². The molecule has 0 saturated carbocycles. The SMILES string of the molecule is CC/C=C\C/C=C\C/C=C\C/C=C\C/C=C\C/C=C\C/C=C\C/C=C\C/C=C\CCCCCC(=O)NC(COP(=O)(O)OCC[N+](C)(C)C)C(O)/C=C/CCCCCCCCCCCC. The maximum absolute atomic E-state index is 12.9. The van der Waals surface area contributed by atoms with Crippen LogP contribution in [0.25, 0.3) is 0 Å². The van der Waals surface area contributed by atoms with E-state index >= 15 is 0 Å². The topological polar surface area (TPSA) is 105 Å². The smallest absolute Gasteiger partial charge is 0.387 e. The Hall–Kier alpha value is -3.10. The Balaban J connectivity index is 4.34. The lowest BCUT2D eigenvalue weighted by Gasteiger charge is -2.25. The number of phosphoric ester groups is 1. The quantitative estimate of drug-likeness (QED) is 0.0243. The lowest BCUT2D eigenvalue weighted by Crippen LogP contribution is -2.45. The highest BCUT2D eigenvalue weighted by molar-refractivity contribution is 7.47. The molecule has 65 heavy (non-hydrogen) atoms. The van der Waals surface area contributed by atoms with E-state index in [2.05, 4.69) is 129 Å². The minimum atomic E-state index is -4.36. The number of carbonyl (C=O) groups excluding carboxylic acids is 1. The van der Waals surface area contributed by atoms with Crippen molar-refractivity contribution in [3.05, 3.63) is 122 Å². The molecule has 0 aliphatic heterocycles. The molecular formula is C56H96N2O6P+. The first-order valence-electron chi connectivity index (χ1n) is 25.4. The minimum Gasteiger partial charge on any atom is -0.387 e. The van der Waals surface area contributed by atoms with Crippen molar-refractivity contribution >= 4 is 13.7 Å². The third kappa shape index (κ3) is 48.6. The summed E-state index contributed by atoms with van der Waals surface area (Å²) in [4.78, 5) is 23.2. The number of allylic oxidation sites excluding steroid dienone is 19. The molecule has 0 spiro atoms. The van der Waals surface area contributed by atoms with E-state index in [0.717, 1.165) is 103 Å². The molecule has 370 valence electrons. The zero-order valence-electron chi connectivity index (χ0n) is 41.9. The molecule has 8 nitrogen and oxygen atoms in total. The van der Waals surface area contributed by atoms with Gasteiger partial charge in [0.1, 0.15) is 13.2 Å². The maximum atomic E-state index is 12.9. The summed E-state index contributed by atoms with van der Waals surface area (Å²) < 4.78 is 23.6. The van der Waals surface area contributed by atoms with Crippen LogP contribution in [0.5, 0.6) is 0 Å². The average Bonchev–Trinajstić information content (AvgIpc) is 3.26. The van der Waals surface area contributed by atoms with Gasteiger partial charge in [0.15, 0.2) is 0 Å². The van der Waals surface area contributed by atoms with Gasteiger partial charge in [-0.25, -0.2) is 4.57 Å². The van der Waals surface area contributed by atoms with E-state index in [1.165, 1.54) is 51.4 Å². The van der Waals surface area contributed by atoms with Gasteiger partial charge in [0.25, 0.3) is 0 Å². The molecule has 3 unspecified atom stereocenters. The number of nitrogens with one attached hydrogen (secondary N) is 1. The van der Waals surface area contributed by atoms with Crippen molar-refractivity contribution < 1.29 is 32.9 Å². The molecule has 0 fully saturated rings. The van der Waals surface area contributed by atoms with Gasteiger partial charge in [0.05, 0.1) is 39.9 Å². The number of likely N-dealkylation sites (N-methyl/N-ethyl adjacent to an activating group) is 1. The van der Waals surface area contributed by atoms with Gasteiger partial charge >= 0.3 is 7.82 Å². The molecule has 0 bridgehead atoms. The van der Waals surface area contributed by atoms with E-state index in [0.29, 0.717) is 17.4 Å². The zero-order valence-corrected chi connectivity index (χ0v) is 42.8. The first-order chi connectivity index (χ1) is 31.5. The molecule has 0 heterocycles. The summed E-state index contributed by atoms with van der Waals surface area (Å²) in [6.45, 7) is 4.63. The molecule has 3 N–H and O–H groups in total. The summed E-state index contributed by atoms with van der Waals surface area (Å²) in [6, 6.07) is -0.872. The van der Waals surface area contributed by atoms with Crippen LogP contribution in [0.4, 0.5) is 0 Å². The number of unbranched alkanes of at least 4 members (excludes halogenated alkanes) is 13. The standard InChI is InChI=1S/C56H95N2O6P/c1-6-8-10-12-14-16-18-20-21-22-23-24-25-26-27-28-29-30-31-32-33-34-35-36-37-38-40-42-44-46-48-50-56(60)57-54(53-64-65(61,62)63-52-51-58(3,4)5)55(59)49-47-45-43-41-39-19-17-15-13-11-9-7-2/h8,10,14,16,20-21,23-24,26-27,29-30,32-33,35-36,38,40,47,49,54-55,59H,6-7,9,11-13,15,17-19,22,25,28,31,34,37,39,41-46,48,50-53H2,1-5H3,(H-,57,60,61,62)/p+1/b10-8-,16-14-,21-20-,24-23-,27-26-,30-29-,33-32-,36-35-,40-38-,49-47+. The molecule has 0 aromatic heterocycles. The Morgan fingerprint density at radius 3 is 1.35 bits per heavy atom. The first-order valence-corrected chi connectivity index (χ1v) is 26.9. The van der Waals surface area contributed by atoms with Gasteiger partial charge in [-0.05, 0) is 89.9 Å². The fourth-order valence-corrected chi connectivity index (χ4v) is 7.18. The molecular weight excluding hydrogens is 828 g/mol.